The highest BCUT2D eigenvalue weighted by atomic mass is 16.3. The van der Waals surface area contributed by atoms with Crippen LogP contribution >= 0.6 is 0 Å². The zero-order valence-electron chi connectivity index (χ0n) is 16.6. The maximum Gasteiger partial charge on any atom is 0.229 e. The molecular formula is C23H24N4O2. The molecule has 6 nitrogen and oxygen atoms in total. The van der Waals surface area contributed by atoms with E-state index in [0.717, 1.165) is 30.4 Å². The van der Waals surface area contributed by atoms with Gasteiger partial charge in [0.15, 0.2) is 0 Å². The lowest BCUT2D eigenvalue weighted by Crippen LogP contribution is -2.29. The molecule has 6 heteroatoms. The van der Waals surface area contributed by atoms with E-state index in [9.17, 15) is 15.2 Å². The third-order valence-electron chi connectivity index (χ3n) is 5.67. The maximum absolute atomic E-state index is 12.8. The topological polar surface area (TPSA) is 90.9 Å². The van der Waals surface area contributed by atoms with Crippen molar-refractivity contribution in [1.29, 1.82) is 5.26 Å². The van der Waals surface area contributed by atoms with Gasteiger partial charge in [0.2, 0.25) is 11.9 Å². The van der Waals surface area contributed by atoms with Gasteiger partial charge < -0.3 is 9.67 Å². The van der Waals surface area contributed by atoms with Crippen LogP contribution in [0.3, 0.4) is 0 Å². The summed E-state index contributed by atoms with van der Waals surface area (Å²) in [6, 6.07) is 16.7. The number of aliphatic hydroxyl groups is 1. The van der Waals surface area contributed by atoms with E-state index < -0.39 is 5.60 Å². The van der Waals surface area contributed by atoms with E-state index in [4.69, 9.17) is 0 Å². The van der Waals surface area contributed by atoms with Crippen LogP contribution in [0, 0.1) is 16.7 Å². The minimum atomic E-state index is -1.28. The summed E-state index contributed by atoms with van der Waals surface area (Å²) < 4.78 is 1.98. The van der Waals surface area contributed by atoms with Crippen LogP contribution in [-0.2, 0) is 16.9 Å². The number of amides is 1. The van der Waals surface area contributed by atoms with Crippen LogP contribution in [-0.4, -0.2) is 20.6 Å². The minimum absolute atomic E-state index is 0.0824. The van der Waals surface area contributed by atoms with E-state index in [-0.39, 0.29) is 17.7 Å². The molecule has 1 fully saturated rings. The lowest BCUT2D eigenvalue weighted by atomic mass is 9.92. The molecule has 4 rings (SSSR count). The molecule has 1 saturated carbocycles. The molecule has 0 saturated heterocycles. The molecule has 0 radical (unpaired) electrons. The Hall–Kier alpha value is -3.17. The van der Waals surface area contributed by atoms with Crippen molar-refractivity contribution < 1.29 is 9.90 Å². The van der Waals surface area contributed by atoms with Gasteiger partial charge in [-0.15, -0.1) is 0 Å². The second-order valence-corrected chi connectivity index (χ2v) is 8.51. The van der Waals surface area contributed by atoms with Crippen molar-refractivity contribution in [2.75, 3.05) is 5.32 Å². The molecule has 1 amide bonds. The number of nitrogens with zero attached hydrogens (tertiary/aromatic N) is 3. The van der Waals surface area contributed by atoms with Crippen LogP contribution in [0.1, 0.15) is 44.2 Å². The summed E-state index contributed by atoms with van der Waals surface area (Å²) in [6.45, 7) is 4.57. The lowest BCUT2D eigenvalue weighted by Gasteiger charge is -2.23. The molecule has 1 aromatic heterocycles. The number of hydrogen-bond donors (Lipinski definition) is 2. The summed E-state index contributed by atoms with van der Waals surface area (Å²) in [5, 5.41) is 22.9. The SMILES string of the molecule is CC1(Cn2c(NC(=O)CC(C)(O)c3ccccc3)nc3ccc(C#N)cc32)CC1. The highest BCUT2D eigenvalue weighted by molar-refractivity contribution is 5.92. The van der Waals surface area contributed by atoms with Gasteiger partial charge in [-0.2, -0.15) is 5.26 Å². The van der Waals surface area contributed by atoms with Crippen molar-refractivity contribution in [2.24, 2.45) is 5.41 Å². The number of imidazole rings is 1. The van der Waals surface area contributed by atoms with E-state index in [2.05, 4.69) is 23.3 Å². The molecule has 0 spiro atoms. The third kappa shape index (κ3) is 4.01. The summed E-state index contributed by atoms with van der Waals surface area (Å²) in [7, 11) is 0. The molecule has 1 atom stereocenters. The van der Waals surface area contributed by atoms with E-state index in [1.165, 1.54) is 0 Å². The van der Waals surface area contributed by atoms with Gasteiger partial charge in [-0.1, -0.05) is 37.3 Å². The van der Waals surface area contributed by atoms with E-state index in [1.807, 2.05) is 28.8 Å². The summed E-state index contributed by atoms with van der Waals surface area (Å²) in [5.74, 6) is 0.147. The molecule has 1 aliphatic rings. The van der Waals surface area contributed by atoms with Crippen LogP contribution in [0.25, 0.3) is 11.0 Å². The molecule has 0 aliphatic heterocycles. The molecule has 1 heterocycles. The zero-order chi connectivity index (χ0) is 20.6. The molecule has 3 aromatic rings. The first kappa shape index (κ1) is 19.2. The number of hydrogen-bond acceptors (Lipinski definition) is 4. The summed E-state index contributed by atoms with van der Waals surface area (Å²) in [5.41, 5.74) is 1.72. The average molecular weight is 388 g/mol. The lowest BCUT2D eigenvalue weighted by molar-refractivity contribution is -0.120. The number of anilines is 1. The highest BCUT2D eigenvalue weighted by Crippen LogP contribution is 2.47. The first-order valence-corrected chi connectivity index (χ1v) is 9.78. The quantitative estimate of drug-likeness (QED) is 0.669. The number of rotatable bonds is 6. The maximum atomic E-state index is 12.8. The first-order valence-electron chi connectivity index (χ1n) is 9.78. The number of nitrogens with one attached hydrogen (secondary N) is 1. The Morgan fingerprint density at radius 3 is 2.69 bits per heavy atom. The van der Waals surface area contributed by atoms with Gasteiger partial charge in [-0.3, -0.25) is 10.1 Å². The van der Waals surface area contributed by atoms with Crippen LogP contribution in [0.4, 0.5) is 5.95 Å². The number of carbonyl (C=O) groups is 1. The number of aromatic nitrogens is 2. The Morgan fingerprint density at radius 1 is 1.31 bits per heavy atom. The fraction of sp³-hybridized carbons (Fsp3) is 0.348. The Morgan fingerprint density at radius 2 is 2.03 bits per heavy atom. The molecule has 0 bridgehead atoms. The van der Waals surface area contributed by atoms with Crippen molar-refractivity contribution in [3.63, 3.8) is 0 Å². The molecule has 2 aromatic carbocycles. The number of fused-ring (bicyclic) bond motifs is 1. The normalized spacial score (nSPS) is 16.8. The van der Waals surface area contributed by atoms with E-state index in [0.29, 0.717) is 17.1 Å². The smallest absolute Gasteiger partial charge is 0.229 e. The minimum Gasteiger partial charge on any atom is -0.385 e. The van der Waals surface area contributed by atoms with E-state index >= 15 is 0 Å². The monoisotopic (exact) mass is 388 g/mol. The summed E-state index contributed by atoms with van der Waals surface area (Å²) >= 11 is 0. The molecule has 148 valence electrons. The van der Waals surface area contributed by atoms with Crippen molar-refractivity contribution in [3.8, 4) is 6.07 Å². The Kier molecular flexibility index (Phi) is 4.64. The highest BCUT2D eigenvalue weighted by Gasteiger charge is 2.38. The van der Waals surface area contributed by atoms with Gasteiger partial charge in [0, 0.05) is 6.54 Å². The predicted molar refractivity (Wildman–Crippen MR) is 111 cm³/mol. The average Bonchev–Trinajstić information content (AvgIpc) is 3.34. The second kappa shape index (κ2) is 7.02. The molecule has 2 N–H and O–H groups in total. The Labute approximate surface area is 169 Å². The largest absolute Gasteiger partial charge is 0.385 e. The molecule has 1 unspecified atom stereocenters. The van der Waals surface area contributed by atoms with Gasteiger partial charge in [-0.05, 0) is 48.9 Å². The van der Waals surface area contributed by atoms with Gasteiger partial charge in [0.1, 0.15) is 0 Å². The second-order valence-electron chi connectivity index (χ2n) is 8.51. The fourth-order valence-electron chi connectivity index (χ4n) is 3.58. The van der Waals surface area contributed by atoms with Gasteiger partial charge in [-0.25, -0.2) is 4.98 Å². The van der Waals surface area contributed by atoms with Crippen molar-refractivity contribution in [3.05, 3.63) is 59.7 Å². The van der Waals surface area contributed by atoms with Crippen LogP contribution in [0.5, 0.6) is 0 Å². The fourth-order valence-corrected chi connectivity index (χ4v) is 3.58. The van der Waals surface area contributed by atoms with Crippen LogP contribution in [0.15, 0.2) is 48.5 Å². The number of benzene rings is 2. The van der Waals surface area contributed by atoms with Crippen LogP contribution < -0.4 is 5.32 Å². The van der Waals surface area contributed by atoms with E-state index in [1.54, 1.807) is 31.2 Å². The first-order chi connectivity index (χ1) is 13.8. The summed E-state index contributed by atoms with van der Waals surface area (Å²) in [6.07, 6.45) is 2.17. The molecule has 29 heavy (non-hydrogen) atoms. The van der Waals surface area contributed by atoms with Crippen molar-refractivity contribution in [2.45, 2.75) is 45.3 Å². The van der Waals surface area contributed by atoms with Gasteiger partial charge >= 0.3 is 0 Å². The zero-order valence-corrected chi connectivity index (χ0v) is 16.6. The Bertz CT molecular complexity index is 1110. The predicted octanol–water partition coefficient (Wildman–Crippen LogP) is 3.94. The third-order valence-corrected chi connectivity index (χ3v) is 5.67. The molecular weight excluding hydrogens is 364 g/mol. The molecule has 1 aliphatic carbocycles. The number of carbonyl (C=O) groups excluding carboxylic acids is 1. The van der Waals surface area contributed by atoms with Crippen molar-refractivity contribution >= 4 is 22.9 Å². The van der Waals surface area contributed by atoms with Gasteiger partial charge in [0.25, 0.3) is 0 Å². The van der Waals surface area contributed by atoms with Crippen LogP contribution in [0.2, 0.25) is 0 Å². The Balaban J connectivity index is 1.62. The number of nitriles is 1. The summed E-state index contributed by atoms with van der Waals surface area (Å²) in [4.78, 5) is 17.3. The van der Waals surface area contributed by atoms with Gasteiger partial charge in [0.05, 0.1) is 34.7 Å². The standard InChI is InChI=1S/C23H24N4O2/c1-22(10-11-22)15-27-19-12-16(14-24)8-9-18(19)25-21(27)26-20(28)13-23(2,29)17-6-4-3-5-7-17/h3-9,12,29H,10-11,13,15H2,1-2H3,(H,25,26,28). The van der Waals surface area contributed by atoms with Crippen molar-refractivity contribution in [1.82, 2.24) is 9.55 Å².